The van der Waals surface area contributed by atoms with E-state index in [0.29, 0.717) is 11.3 Å². The molecule has 0 aliphatic carbocycles. The van der Waals surface area contributed by atoms with Crippen LogP contribution in [0.5, 0.6) is 5.75 Å². The third-order valence-corrected chi connectivity index (χ3v) is 6.59. The minimum Gasteiger partial charge on any atom is -0.497 e. The van der Waals surface area contributed by atoms with Crippen molar-refractivity contribution in [1.29, 1.82) is 0 Å². The number of hydrogen-bond acceptors (Lipinski definition) is 6. The van der Waals surface area contributed by atoms with Gasteiger partial charge in [-0.2, -0.15) is 0 Å². The predicted molar refractivity (Wildman–Crippen MR) is 132 cm³/mol. The molecule has 5 rings (SSSR count). The van der Waals surface area contributed by atoms with Gasteiger partial charge in [-0.3, -0.25) is 4.57 Å². The van der Waals surface area contributed by atoms with E-state index in [9.17, 15) is 4.79 Å². The molecule has 6 nitrogen and oxygen atoms in total. The Morgan fingerprint density at radius 1 is 1.03 bits per heavy atom. The number of fused-ring (bicyclic) bond motifs is 3. The average Bonchev–Trinajstić information content (AvgIpc) is 3.26. The first-order chi connectivity index (χ1) is 16.0. The maximum absolute atomic E-state index is 12.2. The van der Waals surface area contributed by atoms with Crippen LogP contribution in [0.2, 0.25) is 0 Å². The summed E-state index contributed by atoms with van der Waals surface area (Å²) in [6, 6.07) is 21.5. The lowest BCUT2D eigenvalue weighted by atomic mass is 10.0. The monoisotopic (exact) mass is 457 g/mol. The second kappa shape index (κ2) is 8.75. The molecule has 7 heteroatoms. The molecule has 2 aromatic heterocycles. The van der Waals surface area contributed by atoms with Crippen molar-refractivity contribution in [2.45, 2.75) is 30.8 Å². The molecule has 33 heavy (non-hydrogen) atoms. The van der Waals surface area contributed by atoms with Gasteiger partial charge < -0.3 is 9.15 Å². The number of thioether (sulfide) groups is 1. The zero-order valence-corrected chi connectivity index (χ0v) is 19.4. The molecule has 0 saturated heterocycles. The molecule has 166 valence electrons. The van der Waals surface area contributed by atoms with E-state index in [1.807, 2.05) is 48.5 Å². The summed E-state index contributed by atoms with van der Waals surface area (Å²) in [5.74, 6) is 2.17. The van der Waals surface area contributed by atoms with Gasteiger partial charge in [-0.1, -0.05) is 42.1 Å². The van der Waals surface area contributed by atoms with Crippen LogP contribution in [-0.4, -0.2) is 21.9 Å². The van der Waals surface area contributed by atoms with E-state index in [-0.39, 0.29) is 11.7 Å². The molecule has 2 heterocycles. The van der Waals surface area contributed by atoms with E-state index < -0.39 is 0 Å². The highest BCUT2D eigenvalue weighted by molar-refractivity contribution is 7.98. The fourth-order valence-corrected chi connectivity index (χ4v) is 5.10. The number of rotatable bonds is 6. The summed E-state index contributed by atoms with van der Waals surface area (Å²) in [6.07, 6.45) is 0. The van der Waals surface area contributed by atoms with Crippen LogP contribution in [0.15, 0.2) is 81.1 Å². The Hall–Kier alpha value is -3.58. The first kappa shape index (κ1) is 21.3. The summed E-state index contributed by atoms with van der Waals surface area (Å²) in [5, 5.41) is 12.9. The minimum atomic E-state index is -0.349. The zero-order chi connectivity index (χ0) is 22.9. The molecule has 0 saturated carbocycles. The largest absolute Gasteiger partial charge is 0.497 e. The van der Waals surface area contributed by atoms with Gasteiger partial charge in [-0.05, 0) is 60.5 Å². The number of nitrogens with zero attached hydrogens (tertiary/aromatic N) is 3. The van der Waals surface area contributed by atoms with Crippen LogP contribution in [-0.2, 0) is 5.75 Å². The van der Waals surface area contributed by atoms with Gasteiger partial charge in [0.15, 0.2) is 11.0 Å². The van der Waals surface area contributed by atoms with Gasteiger partial charge in [0, 0.05) is 28.8 Å². The molecule has 5 aromatic rings. The van der Waals surface area contributed by atoms with Gasteiger partial charge in [-0.25, -0.2) is 4.79 Å². The van der Waals surface area contributed by atoms with Gasteiger partial charge in [0.05, 0.1) is 7.11 Å². The smallest absolute Gasteiger partial charge is 0.336 e. The van der Waals surface area contributed by atoms with Crippen LogP contribution < -0.4 is 10.4 Å². The highest BCUT2D eigenvalue weighted by atomic mass is 32.2. The summed E-state index contributed by atoms with van der Waals surface area (Å²) in [5.41, 5.74) is 2.15. The van der Waals surface area contributed by atoms with Crippen molar-refractivity contribution in [3.8, 4) is 17.1 Å². The molecular formula is C26H23N3O3S. The summed E-state index contributed by atoms with van der Waals surface area (Å²) in [6.45, 7) is 4.22. The molecule has 0 amide bonds. The van der Waals surface area contributed by atoms with Crippen molar-refractivity contribution in [2.24, 2.45) is 0 Å². The minimum absolute atomic E-state index is 0.165. The summed E-state index contributed by atoms with van der Waals surface area (Å²) in [7, 11) is 1.65. The highest BCUT2D eigenvalue weighted by Gasteiger charge is 2.18. The lowest BCUT2D eigenvalue weighted by molar-refractivity contribution is 0.415. The second-order valence-corrected chi connectivity index (χ2v) is 8.98. The van der Waals surface area contributed by atoms with Gasteiger partial charge in [0.2, 0.25) is 0 Å². The van der Waals surface area contributed by atoms with Gasteiger partial charge >= 0.3 is 5.63 Å². The second-order valence-electron chi connectivity index (χ2n) is 8.04. The van der Waals surface area contributed by atoms with Crippen molar-refractivity contribution >= 4 is 33.5 Å². The van der Waals surface area contributed by atoms with E-state index >= 15 is 0 Å². The van der Waals surface area contributed by atoms with Crippen molar-refractivity contribution in [3.05, 3.63) is 82.7 Å². The standard InChI is InChI=1S/C26H23N3O3S/c1-16(2)29-25(18-8-11-20(31-3)12-9-18)27-28-26(29)33-15-19-14-23(30)32-22-13-10-17-6-4-5-7-21(17)24(19)22/h4-14,16H,15H2,1-3H3. The third-order valence-electron chi connectivity index (χ3n) is 5.60. The molecule has 3 aromatic carbocycles. The molecule has 0 bridgehead atoms. The van der Waals surface area contributed by atoms with E-state index in [1.165, 1.54) is 0 Å². The molecule has 0 fully saturated rings. The maximum Gasteiger partial charge on any atom is 0.336 e. The normalized spacial score (nSPS) is 11.5. The Balaban J connectivity index is 1.54. The van der Waals surface area contributed by atoms with Crippen molar-refractivity contribution in [3.63, 3.8) is 0 Å². The maximum atomic E-state index is 12.2. The molecule has 0 atom stereocenters. The third kappa shape index (κ3) is 4.00. The van der Waals surface area contributed by atoms with E-state index in [4.69, 9.17) is 9.15 Å². The van der Waals surface area contributed by atoms with Crippen molar-refractivity contribution < 1.29 is 9.15 Å². The lowest BCUT2D eigenvalue weighted by Gasteiger charge is -2.14. The average molecular weight is 458 g/mol. The molecule has 0 spiro atoms. The Morgan fingerprint density at radius 2 is 1.82 bits per heavy atom. The first-order valence-electron chi connectivity index (χ1n) is 10.7. The van der Waals surface area contributed by atoms with Crippen LogP contribution >= 0.6 is 11.8 Å². The van der Waals surface area contributed by atoms with Gasteiger partial charge in [0.1, 0.15) is 11.3 Å². The molecule has 0 N–H and O–H groups in total. The number of aromatic nitrogens is 3. The first-order valence-corrected chi connectivity index (χ1v) is 11.7. The van der Waals surface area contributed by atoms with E-state index in [1.54, 1.807) is 24.9 Å². The topological polar surface area (TPSA) is 70.2 Å². The van der Waals surface area contributed by atoms with Gasteiger partial charge in [-0.15, -0.1) is 10.2 Å². The van der Waals surface area contributed by atoms with Gasteiger partial charge in [0.25, 0.3) is 0 Å². The predicted octanol–water partition coefficient (Wildman–Crippen LogP) is 6.09. The molecule has 0 unspecified atom stereocenters. The summed E-state index contributed by atoms with van der Waals surface area (Å²) in [4.78, 5) is 12.2. The quantitative estimate of drug-likeness (QED) is 0.175. The van der Waals surface area contributed by atoms with E-state index in [2.05, 4.69) is 40.7 Å². The molecule has 0 aliphatic heterocycles. The Bertz CT molecular complexity index is 1500. The lowest BCUT2D eigenvalue weighted by Crippen LogP contribution is -2.05. The van der Waals surface area contributed by atoms with Crippen LogP contribution in [0, 0.1) is 0 Å². The SMILES string of the molecule is COc1ccc(-c2nnc(SCc3cc(=O)oc4ccc5ccccc5c34)n2C(C)C)cc1. The summed E-state index contributed by atoms with van der Waals surface area (Å²) >= 11 is 1.57. The molecule has 0 aliphatic rings. The number of hydrogen-bond donors (Lipinski definition) is 0. The Kier molecular flexibility index (Phi) is 5.64. The molecule has 0 radical (unpaired) electrons. The van der Waals surface area contributed by atoms with Crippen molar-refractivity contribution in [1.82, 2.24) is 14.8 Å². The Morgan fingerprint density at radius 3 is 2.58 bits per heavy atom. The fraction of sp³-hybridized carbons (Fsp3) is 0.192. The Labute approximate surface area is 195 Å². The zero-order valence-electron chi connectivity index (χ0n) is 18.6. The van der Waals surface area contributed by atoms with Crippen LogP contribution in [0.3, 0.4) is 0 Å². The highest BCUT2D eigenvalue weighted by Crippen LogP contribution is 2.33. The van der Waals surface area contributed by atoms with Crippen LogP contribution in [0.1, 0.15) is 25.5 Å². The van der Waals surface area contributed by atoms with Crippen molar-refractivity contribution in [2.75, 3.05) is 7.11 Å². The number of ether oxygens (including phenoxy) is 1. The number of methoxy groups -OCH3 is 1. The number of benzene rings is 3. The summed E-state index contributed by atoms with van der Waals surface area (Å²) < 4.78 is 12.9. The van der Waals surface area contributed by atoms with Crippen LogP contribution in [0.4, 0.5) is 0 Å². The molecular weight excluding hydrogens is 434 g/mol. The van der Waals surface area contributed by atoms with Crippen LogP contribution in [0.25, 0.3) is 33.1 Å². The van der Waals surface area contributed by atoms with E-state index in [0.717, 1.165) is 44.0 Å². The fourth-order valence-electron chi connectivity index (χ4n) is 4.05.